The molecule has 2 aromatic heterocycles. The first-order valence-electron chi connectivity index (χ1n) is 12.0. The fourth-order valence-electron chi connectivity index (χ4n) is 5.21. The highest BCUT2D eigenvalue weighted by molar-refractivity contribution is 7.82. The van der Waals surface area contributed by atoms with Gasteiger partial charge in [-0.15, -0.1) is 15.6 Å². The van der Waals surface area contributed by atoms with E-state index in [0.717, 1.165) is 42.5 Å². The second kappa shape index (κ2) is 10.8. The number of rotatable bonds is 6. The number of aromatic nitrogens is 1. The van der Waals surface area contributed by atoms with E-state index >= 15 is 0 Å². The van der Waals surface area contributed by atoms with Crippen molar-refractivity contribution in [2.24, 2.45) is 5.92 Å². The Morgan fingerprint density at radius 2 is 1.86 bits per heavy atom. The third-order valence-electron chi connectivity index (χ3n) is 6.92. The fraction of sp³-hybridized carbons (Fsp3) is 0.346. The van der Waals surface area contributed by atoms with Crippen LogP contribution in [0.3, 0.4) is 0 Å². The van der Waals surface area contributed by atoms with Gasteiger partial charge in [-0.25, -0.2) is 9.78 Å². The molecule has 3 heterocycles. The number of benzene rings is 1. The molecule has 1 unspecified atom stereocenters. The molecule has 0 spiro atoms. The molecule has 10 heteroatoms. The summed E-state index contributed by atoms with van der Waals surface area (Å²) < 4.78 is 15.1. The maximum atomic E-state index is 13.7. The Balaban J connectivity index is 1.52. The molecule has 2 atom stereocenters. The number of carboxylic acids is 1. The number of carbonyl (C=O) groups excluding carboxylic acids is 1. The Kier molecular flexibility index (Phi) is 7.52. The van der Waals surface area contributed by atoms with E-state index in [-0.39, 0.29) is 29.3 Å². The number of hydrogen-bond acceptors (Lipinski definition) is 5. The largest absolute Gasteiger partial charge is 0.477 e. The number of carboxylic acid groups (broad SMARTS) is 1. The summed E-state index contributed by atoms with van der Waals surface area (Å²) in [6, 6.07) is 14.4. The summed E-state index contributed by atoms with van der Waals surface area (Å²) >= 11 is 7.08. The predicted octanol–water partition coefficient (Wildman–Crippen LogP) is 5.43. The van der Waals surface area contributed by atoms with Crippen LogP contribution in [0.25, 0.3) is 10.4 Å². The van der Waals surface area contributed by atoms with Gasteiger partial charge in [-0.1, -0.05) is 65.4 Å². The van der Waals surface area contributed by atoms with Crippen LogP contribution >= 0.6 is 22.9 Å². The number of carbonyl (C=O) groups is 2. The third-order valence-corrected chi connectivity index (χ3v) is 9.83. The molecule has 2 fully saturated rings. The molecule has 0 radical (unpaired) electrons. The van der Waals surface area contributed by atoms with Crippen LogP contribution in [-0.4, -0.2) is 45.4 Å². The summed E-state index contributed by atoms with van der Waals surface area (Å²) in [6.07, 6.45) is 6.70. The second-order valence-electron chi connectivity index (χ2n) is 9.18. The Morgan fingerprint density at radius 3 is 2.53 bits per heavy atom. The second-order valence-corrected chi connectivity index (χ2v) is 12.3. The molecule has 36 heavy (non-hydrogen) atoms. The van der Waals surface area contributed by atoms with Crippen LogP contribution < -0.4 is 4.90 Å². The van der Waals surface area contributed by atoms with Gasteiger partial charge in [-0.05, 0) is 42.5 Å². The molecule has 1 N–H and O–H groups in total. The van der Waals surface area contributed by atoms with Crippen LogP contribution in [0, 0.1) is 5.92 Å². The Hall–Kier alpha value is -2.59. The number of thiophene rings is 1. The molecule has 188 valence electrons. The highest BCUT2D eigenvalue weighted by atomic mass is 35.5. The summed E-state index contributed by atoms with van der Waals surface area (Å²) in [5, 5.41) is 10.4. The number of nitrogens with zero attached hydrogens (tertiary/aromatic N) is 3. The first kappa shape index (κ1) is 25.1. The molecular weight excluding hydrogens is 518 g/mol. The minimum absolute atomic E-state index is 0.0589. The lowest BCUT2D eigenvalue weighted by Gasteiger charge is -2.43. The summed E-state index contributed by atoms with van der Waals surface area (Å²) in [4.78, 5) is 33.2. The zero-order valence-electron chi connectivity index (χ0n) is 19.5. The van der Waals surface area contributed by atoms with Gasteiger partial charge in [0.1, 0.15) is 16.6 Å². The van der Waals surface area contributed by atoms with Gasteiger partial charge < -0.3 is 10.0 Å². The molecule has 0 bridgehead atoms. The molecule has 7 nitrogen and oxygen atoms in total. The summed E-state index contributed by atoms with van der Waals surface area (Å²) in [7, 11) is -2.02. The van der Waals surface area contributed by atoms with E-state index in [1.165, 1.54) is 17.5 Å². The molecular formula is C26H27ClN3O4S2+. The minimum atomic E-state index is -2.02. The number of halogens is 1. The minimum Gasteiger partial charge on any atom is -0.477 e. The van der Waals surface area contributed by atoms with Gasteiger partial charge in [0.25, 0.3) is 0 Å². The van der Waals surface area contributed by atoms with Crippen molar-refractivity contribution in [3.63, 3.8) is 0 Å². The molecule has 1 aliphatic carbocycles. The van der Waals surface area contributed by atoms with Gasteiger partial charge in [-0.2, -0.15) is 0 Å². The van der Waals surface area contributed by atoms with Crippen molar-refractivity contribution < 1.29 is 18.9 Å². The maximum absolute atomic E-state index is 13.7. The average Bonchev–Trinajstić information content (AvgIpc) is 3.35. The van der Waals surface area contributed by atoms with E-state index in [9.17, 15) is 18.9 Å². The normalized spacial score (nSPS) is 20.4. The van der Waals surface area contributed by atoms with Crippen LogP contribution in [0.5, 0.6) is 0 Å². The van der Waals surface area contributed by atoms with Gasteiger partial charge in [0.15, 0.2) is 15.9 Å². The molecule has 1 saturated carbocycles. The summed E-state index contributed by atoms with van der Waals surface area (Å²) in [5.41, 5.74) is 1.35. The molecule has 2 aliphatic rings. The predicted molar refractivity (Wildman–Crippen MR) is 143 cm³/mol. The summed E-state index contributed by atoms with van der Waals surface area (Å²) in [6.45, 7) is 0.348. The number of hydrogen-bond donors (Lipinski definition) is 1. The van der Waals surface area contributed by atoms with Crippen molar-refractivity contribution in [1.82, 2.24) is 9.29 Å². The van der Waals surface area contributed by atoms with Crippen LogP contribution in [0.15, 0.2) is 59.6 Å². The van der Waals surface area contributed by atoms with Crippen molar-refractivity contribution in [3.8, 4) is 10.4 Å². The topological polar surface area (TPSA) is 90.8 Å². The quantitative estimate of drug-likeness (QED) is 0.254. The Bertz CT molecular complexity index is 1280. The lowest BCUT2D eigenvalue weighted by Crippen LogP contribution is -2.59. The first-order chi connectivity index (χ1) is 17.4. The first-order valence-corrected chi connectivity index (χ1v) is 14.4. The number of piperazine rings is 1. The molecule has 1 aromatic carbocycles. The highest BCUT2D eigenvalue weighted by Gasteiger charge is 2.44. The monoisotopic (exact) mass is 544 g/mol. The summed E-state index contributed by atoms with van der Waals surface area (Å²) in [5.74, 6) is -1.07. The lowest BCUT2D eigenvalue weighted by molar-refractivity contribution is -0.121. The number of aromatic carboxylic acids is 1. The zero-order valence-corrected chi connectivity index (χ0v) is 22.0. The van der Waals surface area contributed by atoms with Gasteiger partial charge in [-0.3, -0.25) is 4.79 Å². The van der Waals surface area contributed by atoms with E-state index in [0.29, 0.717) is 22.3 Å². The van der Waals surface area contributed by atoms with E-state index in [1.54, 1.807) is 21.3 Å². The van der Waals surface area contributed by atoms with Crippen molar-refractivity contribution in [1.29, 1.82) is 0 Å². The van der Waals surface area contributed by atoms with Gasteiger partial charge in [0.05, 0.1) is 24.5 Å². The standard InChI is InChI=1S/C26H26ClN3O4S2/c27-23-12-11-19(14-28-23)36(34)29-15-21(17-7-3-1-4-8-17)30(24(31)16-29)20-13-22(35-25(20)26(32)33)18-9-5-2-6-10-18/h2,5-6,9-14,17,21H,1,3-4,7-8,15-16H2,(H,32,33)/p+1/t21-,36?/m0/s1. The molecule has 1 amide bonds. The smallest absolute Gasteiger partial charge is 0.348 e. The van der Waals surface area contributed by atoms with Crippen molar-refractivity contribution >= 4 is 51.5 Å². The maximum Gasteiger partial charge on any atom is 0.348 e. The Morgan fingerprint density at radius 1 is 1.11 bits per heavy atom. The number of thiol groups is 1. The fourth-order valence-corrected chi connectivity index (χ4v) is 7.57. The Labute approximate surface area is 221 Å². The van der Waals surface area contributed by atoms with E-state index in [1.807, 2.05) is 36.4 Å². The van der Waals surface area contributed by atoms with Crippen molar-refractivity contribution in [3.05, 3.63) is 64.8 Å². The lowest BCUT2D eigenvalue weighted by atomic mass is 9.82. The van der Waals surface area contributed by atoms with Gasteiger partial charge >= 0.3 is 5.97 Å². The molecule has 1 saturated heterocycles. The number of anilines is 1. The SMILES string of the molecule is O=C(O)c1sc(-c2ccccc2)cc1N1C(=O)CN([SH+](=O)c2ccc(Cl)nc2)C[C@H]1C1CCCCC1. The van der Waals surface area contributed by atoms with Crippen LogP contribution in [0.1, 0.15) is 41.8 Å². The van der Waals surface area contributed by atoms with E-state index in [4.69, 9.17) is 11.6 Å². The van der Waals surface area contributed by atoms with E-state index < -0.39 is 17.0 Å². The van der Waals surface area contributed by atoms with Gasteiger partial charge in [0, 0.05) is 4.88 Å². The average molecular weight is 545 g/mol. The van der Waals surface area contributed by atoms with Crippen LogP contribution in [-0.2, 0) is 20.0 Å². The third kappa shape index (κ3) is 5.11. The molecule has 1 aliphatic heterocycles. The van der Waals surface area contributed by atoms with Crippen molar-refractivity contribution in [2.45, 2.75) is 43.0 Å². The number of amides is 1. The number of pyridine rings is 1. The van der Waals surface area contributed by atoms with E-state index in [2.05, 4.69) is 4.98 Å². The van der Waals surface area contributed by atoms with Crippen LogP contribution in [0.4, 0.5) is 5.69 Å². The van der Waals surface area contributed by atoms with Gasteiger partial charge in [0.2, 0.25) is 5.91 Å². The molecule has 5 rings (SSSR count). The molecule has 3 aromatic rings. The van der Waals surface area contributed by atoms with Crippen LogP contribution in [0.2, 0.25) is 5.15 Å². The zero-order chi connectivity index (χ0) is 25.2. The van der Waals surface area contributed by atoms with Crippen molar-refractivity contribution in [2.75, 3.05) is 18.0 Å². The highest BCUT2D eigenvalue weighted by Crippen LogP contribution is 2.41.